The Balaban J connectivity index is 2.40. The third-order valence-corrected chi connectivity index (χ3v) is 4.40. The molecule has 0 radical (unpaired) electrons. The highest BCUT2D eigenvalue weighted by molar-refractivity contribution is 7.92. The summed E-state index contributed by atoms with van der Waals surface area (Å²) in [5.41, 5.74) is 6.61. The molecule has 0 amide bonds. The van der Waals surface area contributed by atoms with E-state index >= 15 is 0 Å². The summed E-state index contributed by atoms with van der Waals surface area (Å²) in [5.74, 6) is -0.522. The summed E-state index contributed by atoms with van der Waals surface area (Å²) in [7, 11) is -3.90. The van der Waals surface area contributed by atoms with Crippen LogP contribution in [-0.4, -0.2) is 8.42 Å². The van der Waals surface area contributed by atoms with Crippen LogP contribution in [0.1, 0.15) is 5.56 Å². The van der Waals surface area contributed by atoms with E-state index in [2.05, 4.69) is 4.72 Å². The maximum Gasteiger partial charge on any atom is 0.263 e. The molecule has 0 aliphatic carbocycles. The number of nitrogen functional groups attached to an aromatic ring is 1. The normalized spacial score (nSPS) is 11.3. The van der Waals surface area contributed by atoms with Gasteiger partial charge in [0.15, 0.2) is 0 Å². The second-order valence-corrected chi connectivity index (χ2v) is 6.37. The fourth-order valence-electron chi connectivity index (χ4n) is 1.74. The SMILES string of the molecule is Cc1cc(F)cc(NS(=O)(=O)c2ccc(N)cc2Cl)c1. The number of aryl methyl sites for hydroxylation is 1. The van der Waals surface area contributed by atoms with Crippen LogP contribution in [0.5, 0.6) is 0 Å². The van der Waals surface area contributed by atoms with Crippen molar-refractivity contribution in [3.05, 3.63) is 52.8 Å². The van der Waals surface area contributed by atoms with E-state index in [0.717, 1.165) is 6.07 Å². The number of rotatable bonds is 3. The summed E-state index contributed by atoms with van der Waals surface area (Å²) in [6.45, 7) is 1.66. The zero-order valence-electron chi connectivity index (χ0n) is 10.5. The van der Waals surface area contributed by atoms with Gasteiger partial charge in [-0.05, 0) is 48.9 Å². The van der Waals surface area contributed by atoms with Gasteiger partial charge in [-0.3, -0.25) is 4.72 Å². The predicted molar refractivity (Wildman–Crippen MR) is 77.8 cm³/mol. The first kappa shape index (κ1) is 14.6. The minimum atomic E-state index is -3.90. The van der Waals surface area contributed by atoms with Crippen LogP contribution in [0.2, 0.25) is 5.02 Å². The Morgan fingerprint density at radius 1 is 1.20 bits per heavy atom. The van der Waals surface area contributed by atoms with Crippen LogP contribution in [0.25, 0.3) is 0 Å². The summed E-state index contributed by atoms with van der Waals surface area (Å²) in [5, 5.41) is 0.00521. The van der Waals surface area contributed by atoms with Gasteiger partial charge in [0.25, 0.3) is 10.0 Å². The Bertz CT molecular complexity index is 743. The van der Waals surface area contributed by atoms with Crippen molar-refractivity contribution in [3.8, 4) is 0 Å². The maximum atomic E-state index is 13.3. The van der Waals surface area contributed by atoms with E-state index in [9.17, 15) is 12.8 Å². The van der Waals surface area contributed by atoms with Gasteiger partial charge in [-0.25, -0.2) is 12.8 Å². The summed E-state index contributed by atoms with van der Waals surface area (Å²) in [4.78, 5) is -0.115. The van der Waals surface area contributed by atoms with Gasteiger partial charge in [0, 0.05) is 5.69 Å². The molecule has 7 heteroatoms. The van der Waals surface area contributed by atoms with E-state index < -0.39 is 15.8 Å². The number of anilines is 2. The lowest BCUT2D eigenvalue weighted by molar-refractivity contribution is 0.601. The highest BCUT2D eigenvalue weighted by atomic mass is 35.5. The van der Waals surface area contributed by atoms with Crippen LogP contribution < -0.4 is 10.5 Å². The molecule has 0 heterocycles. The molecule has 0 spiro atoms. The van der Waals surface area contributed by atoms with Gasteiger partial charge in [-0.2, -0.15) is 0 Å². The van der Waals surface area contributed by atoms with Crippen molar-refractivity contribution in [2.45, 2.75) is 11.8 Å². The zero-order valence-corrected chi connectivity index (χ0v) is 12.1. The molecule has 0 atom stereocenters. The van der Waals surface area contributed by atoms with Gasteiger partial charge in [0.2, 0.25) is 0 Å². The fourth-order valence-corrected chi connectivity index (χ4v) is 3.34. The molecular formula is C13H12ClFN2O2S. The van der Waals surface area contributed by atoms with Crippen molar-refractivity contribution in [3.63, 3.8) is 0 Å². The van der Waals surface area contributed by atoms with Crippen molar-refractivity contribution in [1.82, 2.24) is 0 Å². The zero-order chi connectivity index (χ0) is 14.9. The molecule has 0 bridgehead atoms. The molecule has 2 rings (SSSR count). The molecular weight excluding hydrogens is 303 g/mol. The average molecular weight is 315 g/mol. The van der Waals surface area contributed by atoms with Crippen molar-refractivity contribution < 1.29 is 12.8 Å². The molecule has 2 aromatic carbocycles. The molecule has 0 aromatic heterocycles. The first-order chi connectivity index (χ1) is 9.28. The molecule has 2 aromatic rings. The van der Waals surface area contributed by atoms with E-state index in [0.29, 0.717) is 11.3 Å². The van der Waals surface area contributed by atoms with Crippen LogP contribution >= 0.6 is 11.6 Å². The van der Waals surface area contributed by atoms with E-state index in [1.165, 1.54) is 30.3 Å². The largest absolute Gasteiger partial charge is 0.399 e. The Kier molecular flexibility index (Phi) is 3.87. The van der Waals surface area contributed by atoms with Crippen molar-refractivity contribution in [1.29, 1.82) is 0 Å². The second kappa shape index (κ2) is 5.30. The van der Waals surface area contributed by atoms with E-state index in [1.54, 1.807) is 6.92 Å². The Morgan fingerprint density at radius 2 is 1.90 bits per heavy atom. The van der Waals surface area contributed by atoms with Crippen LogP contribution in [-0.2, 0) is 10.0 Å². The maximum absolute atomic E-state index is 13.3. The molecule has 0 aliphatic rings. The average Bonchev–Trinajstić information content (AvgIpc) is 2.25. The molecule has 0 saturated heterocycles. The lowest BCUT2D eigenvalue weighted by atomic mass is 10.2. The number of sulfonamides is 1. The summed E-state index contributed by atoms with van der Waals surface area (Å²) >= 11 is 5.87. The number of hydrogen-bond donors (Lipinski definition) is 2. The molecule has 20 heavy (non-hydrogen) atoms. The third-order valence-electron chi connectivity index (χ3n) is 2.54. The third kappa shape index (κ3) is 3.20. The van der Waals surface area contributed by atoms with E-state index in [4.69, 9.17) is 17.3 Å². The minimum absolute atomic E-state index is 0.00521. The molecule has 3 N–H and O–H groups in total. The quantitative estimate of drug-likeness (QED) is 0.855. The smallest absolute Gasteiger partial charge is 0.263 e. The van der Waals surface area contributed by atoms with Gasteiger partial charge in [0.05, 0.1) is 10.7 Å². The molecule has 106 valence electrons. The monoisotopic (exact) mass is 314 g/mol. The van der Waals surface area contributed by atoms with Gasteiger partial charge in [-0.15, -0.1) is 0 Å². The number of benzene rings is 2. The van der Waals surface area contributed by atoms with Crippen LogP contribution in [0.3, 0.4) is 0 Å². The van der Waals surface area contributed by atoms with Gasteiger partial charge < -0.3 is 5.73 Å². The lowest BCUT2D eigenvalue weighted by Gasteiger charge is -2.10. The minimum Gasteiger partial charge on any atom is -0.399 e. The van der Waals surface area contributed by atoms with Crippen LogP contribution in [0.4, 0.5) is 15.8 Å². The summed E-state index contributed by atoms with van der Waals surface area (Å²) < 4.78 is 39.9. The van der Waals surface area contributed by atoms with Crippen molar-refractivity contribution in [2.75, 3.05) is 10.5 Å². The lowest BCUT2D eigenvalue weighted by Crippen LogP contribution is -2.14. The Hall–Kier alpha value is -1.79. The molecule has 0 fully saturated rings. The molecule has 0 saturated carbocycles. The summed E-state index contributed by atoms with van der Waals surface area (Å²) in [6, 6.07) is 7.98. The first-order valence-electron chi connectivity index (χ1n) is 5.63. The number of hydrogen-bond acceptors (Lipinski definition) is 3. The Labute approximate surface area is 121 Å². The molecule has 0 aliphatic heterocycles. The van der Waals surface area contributed by atoms with Crippen LogP contribution in [0, 0.1) is 12.7 Å². The fraction of sp³-hybridized carbons (Fsp3) is 0.0769. The van der Waals surface area contributed by atoms with E-state index in [-0.39, 0.29) is 15.6 Å². The van der Waals surface area contributed by atoms with Crippen molar-refractivity contribution in [2.24, 2.45) is 0 Å². The van der Waals surface area contributed by atoms with Gasteiger partial charge in [-0.1, -0.05) is 11.6 Å². The first-order valence-corrected chi connectivity index (χ1v) is 7.49. The highest BCUT2D eigenvalue weighted by Crippen LogP contribution is 2.26. The molecule has 0 unspecified atom stereocenters. The second-order valence-electron chi connectivity index (χ2n) is 4.31. The predicted octanol–water partition coefficient (Wildman–Crippen LogP) is 3.17. The molecule has 4 nitrogen and oxygen atoms in total. The Morgan fingerprint density at radius 3 is 2.50 bits per heavy atom. The van der Waals surface area contributed by atoms with Crippen LogP contribution in [0.15, 0.2) is 41.3 Å². The van der Waals surface area contributed by atoms with E-state index in [1.807, 2.05) is 0 Å². The van der Waals surface area contributed by atoms with Gasteiger partial charge in [0.1, 0.15) is 10.7 Å². The number of nitrogens with one attached hydrogen (secondary N) is 1. The number of nitrogens with two attached hydrogens (primary N) is 1. The van der Waals surface area contributed by atoms with Gasteiger partial charge >= 0.3 is 0 Å². The topological polar surface area (TPSA) is 72.2 Å². The summed E-state index contributed by atoms with van der Waals surface area (Å²) in [6.07, 6.45) is 0. The van der Waals surface area contributed by atoms with Crippen molar-refractivity contribution >= 4 is 33.0 Å². The number of halogens is 2. The highest BCUT2D eigenvalue weighted by Gasteiger charge is 2.18. The standard InChI is InChI=1S/C13H12ClFN2O2S/c1-8-4-9(15)6-11(5-8)17-20(18,19)13-3-2-10(16)7-12(13)14/h2-7,17H,16H2,1H3.